The van der Waals surface area contributed by atoms with Gasteiger partial charge in [0.25, 0.3) is 0 Å². The Kier molecular flexibility index (Phi) is 5.07. The summed E-state index contributed by atoms with van der Waals surface area (Å²) in [5, 5.41) is 9.05. The smallest absolute Gasteiger partial charge is 0.312 e. The van der Waals surface area contributed by atoms with Crippen molar-refractivity contribution in [1.82, 2.24) is 0 Å². The molecular formula is C14H20O6. The van der Waals surface area contributed by atoms with E-state index in [0.717, 1.165) is 0 Å². The van der Waals surface area contributed by atoms with Gasteiger partial charge in [0.05, 0.1) is 26.7 Å². The number of carbonyl (C=O) groups is 1. The van der Waals surface area contributed by atoms with Crippen LogP contribution in [0.2, 0.25) is 0 Å². The average Bonchev–Trinajstić information content (AvgIpc) is 2.43. The van der Waals surface area contributed by atoms with Gasteiger partial charge in [-0.3, -0.25) is 4.79 Å². The number of aliphatic carboxylic acids is 1. The molecule has 0 bridgehead atoms. The summed E-state index contributed by atoms with van der Waals surface area (Å²) in [5.74, 6) is 0.892. The van der Waals surface area contributed by atoms with Crippen LogP contribution in [0.3, 0.4) is 0 Å². The minimum atomic E-state index is -0.986. The molecule has 1 rings (SSSR count). The van der Waals surface area contributed by atoms with E-state index in [4.69, 9.17) is 24.1 Å². The van der Waals surface area contributed by atoms with Gasteiger partial charge < -0.3 is 24.1 Å². The molecule has 0 amide bonds. The van der Waals surface area contributed by atoms with E-state index >= 15 is 0 Å². The first-order valence-electron chi connectivity index (χ1n) is 6.02. The lowest BCUT2D eigenvalue weighted by molar-refractivity contribution is -0.148. The second-order valence-corrected chi connectivity index (χ2v) is 4.84. The summed E-state index contributed by atoms with van der Waals surface area (Å²) in [4.78, 5) is 11.0. The molecular weight excluding hydrogens is 264 g/mol. The Morgan fingerprint density at radius 1 is 1.10 bits per heavy atom. The number of hydrogen-bond acceptors (Lipinski definition) is 5. The van der Waals surface area contributed by atoms with Crippen LogP contribution >= 0.6 is 0 Å². The minimum absolute atomic E-state index is 0.0287. The summed E-state index contributed by atoms with van der Waals surface area (Å²) in [7, 11) is 4.51. The molecule has 6 heteroatoms. The fourth-order valence-electron chi connectivity index (χ4n) is 1.47. The largest absolute Gasteiger partial charge is 0.493 e. The molecule has 6 nitrogen and oxygen atoms in total. The summed E-state index contributed by atoms with van der Waals surface area (Å²) in [6.45, 7) is 3.21. The van der Waals surface area contributed by atoms with Gasteiger partial charge in [-0.1, -0.05) is 0 Å². The number of ether oxygens (including phenoxy) is 4. The van der Waals surface area contributed by atoms with Gasteiger partial charge >= 0.3 is 5.97 Å². The van der Waals surface area contributed by atoms with Gasteiger partial charge in [-0.25, -0.2) is 0 Å². The second-order valence-electron chi connectivity index (χ2n) is 4.84. The summed E-state index contributed by atoms with van der Waals surface area (Å²) in [5.41, 5.74) is -0.986. The van der Waals surface area contributed by atoms with Crippen molar-refractivity contribution >= 4 is 5.97 Å². The van der Waals surface area contributed by atoms with Gasteiger partial charge in [0.1, 0.15) is 12.4 Å². The number of carboxylic acid groups (broad SMARTS) is 1. The zero-order valence-corrected chi connectivity index (χ0v) is 12.4. The summed E-state index contributed by atoms with van der Waals surface area (Å²) < 4.78 is 21.1. The number of methoxy groups -OCH3 is 3. The van der Waals surface area contributed by atoms with Crippen LogP contribution in [0, 0.1) is 5.41 Å². The van der Waals surface area contributed by atoms with Crippen LogP contribution in [-0.4, -0.2) is 39.0 Å². The maximum atomic E-state index is 11.0. The van der Waals surface area contributed by atoms with Crippen LogP contribution in [0.4, 0.5) is 0 Å². The van der Waals surface area contributed by atoms with Crippen molar-refractivity contribution in [1.29, 1.82) is 0 Å². The molecule has 1 aromatic carbocycles. The Morgan fingerprint density at radius 3 is 1.95 bits per heavy atom. The van der Waals surface area contributed by atoms with Crippen molar-refractivity contribution in [2.75, 3.05) is 27.9 Å². The highest BCUT2D eigenvalue weighted by molar-refractivity contribution is 5.73. The topological polar surface area (TPSA) is 74.2 Å². The summed E-state index contributed by atoms with van der Waals surface area (Å²) >= 11 is 0. The Bertz CT molecular complexity index is 456. The Labute approximate surface area is 118 Å². The van der Waals surface area contributed by atoms with E-state index in [9.17, 15) is 4.79 Å². The number of rotatable bonds is 7. The molecule has 20 heavy (non-hydrogen) atoms. The molecule has 112 valence electrons. The normalized spacial score (nSPS) is 10.8. The molecule has 0 saturated carbocycles. The summed E-state index contributed by atoms with van der Waals surface area (Å²) in [6, 6.07) is 3.25. The predicted molar refractivity (Wildman–Crippen MR) is 73.0 cm³/mol. The quantitative estimate of drug-likeness (QED) is 0.827. The molecule has 1 N–H and O–H groups in total. The standard InChI is InChI=1S/C14H20O6/c1-14(2,13(15)16)8-20-9-6-10(17-3)12(19-5)11(7-9)18-4/h6-7H,8H2,1-5H3,(H,15,16). The van der Waals surface area contributed by atoms with Gasteiger partial charge in [0, 0.05) is 12.1 Å². The molecule has 0 fully saturated rings. The highest BCUT2D eigenvalue weighted by Gasteiger charge is 2.28. The molecule has 1 aromatic rings. The number of carboxylic acids is 1. The average molecular weight is 284 g/mol. The molecule has 0 atom stereocenters. The molecule has 0 heterocycles. The highest BCUT2D eigenvalue weighted by atomic mass is 16.5. The van der Waals surface area contributed by atoms with Crippen LogP contribution in [-0.2, 0) is 4.79 Å². The zero-order valence-electron chi connectivity index (χ0n) is 12.4. The van der Waals surface area contributed by atoms with Crippen molar-refractivity contribution in [2.24, 2.45) is 5.41 Å². The number of hydrogen-bond donors (Lipinski definition) is 1. The van der Waals surface area contributed by atoms with Gasteiger partial charge in [0.15, 0.2) is 11.5 Å². The van der Waals surface area contributed by atoms with E-state index < -0.39 is 11.4 Å². The first kappa shape index (κ1) is 15.9. The zero-order chi connectivity index (χ0) is 15.3. The first-order valence-corrected chi connectivity index (χ1v) is 6.02. The first-order chi connectivity index (χ1) is 9.35. The minimum Gasteiger partial charge on any atom is -0.493 e. The van der Waals surface area contributed by atoms with Crippen LogP contribution in [0.1, 0.15) is 13.8 Å². The lowest BCUT2D eigenvalue weighted by Gasteiger charge is -2.20. The third-order valence-electron chi connectivity index (χ3n) is 2.82. The lowest BCUT2D eigenvalue weighted by Crippen LogP contribution is -2.30. The molecule has 0 spiro atoms. The van der Waals surface area contributed by atoms with Gasteiger partial charge in [-0.2, -0.15) is 0 Å². The highest BCUT2D eigenvalue weighted by Crippen LogP contribution is 2.41. The van der Waals surface area contributed by atoms with Crippen molar-refractivity contribution in [3.05, 3.63) is 12.1 Å². The lowest BCUT2D eigenvalue weighted by atomic mass is 9.95. The van der Waals surface area contributed by atoms with Crippen LogP contribution in [0.5, 0.6) is 23.0 Å². The Morgan fingerprint density at radius 2 is 1.60 bits per heavy atom. The third-order valence-corrected chi connectivity index (χ3v) is 2.82. The second kappa shape index (κ2) is 6.36. The van der Waals surface area contributed by atoms with Crippen molar-refractivity contribution in [2.45, 2.75) is 13.8 Å². The SMILES string of the molecule is COc1cc(OCC(C)(C)C(=O)O)cc(OC)c1OC. The predicted octanol–water partition coefficient (Wildman–Crippen LogP) is 2.20. The van der Waals surface area contributed by atoms with Gasteiger partial charge in [-0.15, -0.1) is 0 Å². The third kappa shape index (κ3) is 3.46. The van der Waals surface area contributed by atoms with E-state index in [0.29, 0.717) is 23.0 Å². The van der Waals surface area contributed by atoms with E-state index in [1.165, 1.54) is 21.3 Å². The van der Waals surface area contributed by atoms with Crippen molar-refractivity contribution < 1.29 is 28.8 Å². The maximum Gasteiger partial charge on any atom is 0.312 e. The molecule has 0 unspecified atom stereocenters. The molecule has 0 aliphatic rings. The number of benzene rings is 1. The fraction of sp³-hybridized carbons (Fsp3) is 0.500. The van der Waals surface area contributed by atoms with Crippen molar-refractivity contribution in [3.63, 3.8) is 0 Å². The maximum absolute atomic E-state index is 11.0. The van der Waals surface area contributed by atoms with E-state index in [1.807, 2.05) is 0 Å². The Hall–Kier alpha value is -2.11. The molecule has 0 aliphatic heterocycles. The molecule has 0 aromatic heterocycles. The molecule has 0 radical (unpaired) electrons. The van der Waals surface area contributed by atoms with E-state index in [1.54, 1.807) is 26.0 Å². The van der Waals surface area contributed by atoms with Crippen LogP contribution in [0.15, 0.2) is 12.1 Å². The summed E-state index contributed by atoms with van der Waals surface area (Å²) in [6.07, 6.45) is 0. The fourth-order valence-corrected chi connectivity index (χ4v) is 1.47. The van der Waals surface area contributed by atoms with E-state index in [2.05, 4.69) is 0 Å². The molecule has 0 saturated heterocycles. The van der Waals surface area contributed by atoms with Crippen molar-refractivity contribution in [3.8, 4) is 23.0 Å². The van der Waals surface area contributed by atoms with Crippen LogP contribution < -0.4 is 18.9 Å². The molecule has 0 aliphatic carbocycles. The van der Waals surface area contributed by atoms with Gasteiger partial charge in [0.2, 0.25) is 5.75 Å². The monoisotopic (exact) mass is 284 g/mol. The van der Waals surface area contributed by atoms with Gasteiger partial charge in [-0.05, 0) is 13.8 Å². The Balaban J connectivity index is 3.00. The van der Waals surface area contributed by atoms with Crippen LogP contribution in [0.25, 0.3) is 0 Å². The van der Waals surface area contributed by atoms with E-state index in [-0.39, 0.29) is 6.61 Å².